The number of carbonyl (C=O) groups excluding carboxylic acids is 10. The van der Waals surface area contributed by atoms with Crippen LogP contribution in [0.15, 0.2) is 30.3 Å². The molecule has 0 aliphatic heterocycles. The first-order valence-corrected chi connectivity index (χ1v) is 38.1. The molecule has 1 rings (SSSR count). The van der Waals surface area contributed by atoms with Crippen molar-refractivity contribution >= 4 is 65.5 Å². The van der Waals surface area contributed by atoms with E-state index in [-0.39, 0.29) is 134 Å². The molecule has 0 aliphatic rings. The maximum absolute atomic E-state index is 13.2. The van der Waals surface area contributed by atoms with Crippen LogP contribution >= 0.6 is 0 Å². The molecule has 0 fully saturated rings. The van der Waals surface area contributed by atoms with Crippen molar-refractivity contribution in [1.82, 2.24) is 42.5 Å². The smallest absolute Gasteiger partial charge is 0.408 e. The van der Waals surface area contributed by atoms with Crippen LogP contribution in [0.2, 0.25) is 0 Å². The molecule has 0 aliphatic carbocycles. The van der Waals surface area contributed by atoms with Gasteiger partial charge in [-0.05, 0) is 106 Å². The highest BCUT2D eigenvalue weighted by molar-refractivity contribution is 5.90. The van der Waals surface area contributed by atoms with E-state index in [1.54, 1.807) is 100 Å². The quantitative estimate of drug-likeness (QED) is 0.0257. The molecule has 8 amide bonds. The molecule has 36 nitrogen and oxygen atoms in total. The van der Waals surface area contributed by atoms with Gasteiger partial charge >= 0.3 is 36.0 Å². The van der Waals surface area contributed by atoms with Gasteiger partial charge in [-0.3, -0.25) is 28.8 Å². The molecular weight excluding hydrogens is 1460 g/mol. The van der Waals surface area contributed by atoms with Crippen LogP contribution in [0.5, 0.6) is 0 Å². The van der Waals surface area contributed by atoms with E-state index in [0.29, 0.717) is 145 Å². The highest BCUT2D eigenvalue weighted by Crippen LogP contribution is 2.16. The first-order chi connectivity index (χ1) is 52.8. The van der Waals surface area contributed by atoms with Crippen LogP contribution in [-0.2, 0) is 126 Å². The second-order valence-electron chi connectivity index (χ2n) is 28.3. The van der Waals surface area contributed by atoms with E-state index in [1.807, 2.05) is 6.07 Å². The van der Waals surface area contributed by atoms with Gasteiger partial charge in [0.25, 0.3) is 0 Å². The maximum Gasteiger partial charge on any atom is 0.408 e. The minimum absolute atomic E-state index is 0.00535. The van der Waals surface area contributed by atoms with Crippen LogP contribution < -0.4 is 42.5 Å². The lowest BCUT2D eigenvalue weighted by molar-refractivity contribution is -0.159. The Kier molecular flexibility index (Phi) is 57.6. The highest BCUT2D eigenvalue weighted by Gasteiger charge is 2.33. The molecule has 1 aromatic carbocycles. The molecule has 0 bridgehead atoms. The summed E-state index contributed by atoms with van der Waals surface area (Å²) in [6.45, 7) is 26.9. The Morgan fingerprint density at radius 2 is 0.694 bits per heavy atom. The third-order valence-corrected chi connectivity index (χ3v) is 14.5. The molecule has 36 heteroatoms. The number of esters is 3. The van der Waals surface area contributed by atoms with Gasteiger partial charge < -0.3 is 123 Å². The Morgan fingerprint density at radius 1 is 0.360 bits per heavy atom. The molecule has 0 spiro atoms. The second-order valence-corrected chi connectivity index (χ2v) is 28.3. The largest absolute Gasteiger partial charge is 0.480 e. The summed E-state index contributed by atoms with van der Waals surface area (Å²) in [4.78, 5) is 138. The number of benzene rings is 1. The summed E-state index contributed by atoms with van der Waals surface area (Å²) >= 11 is 0. The van der Waals surface area contributed by atoms with Crippen LogP contribution in [-0.4, -0.2) is 296 Å². The number of unbranched alkanes of at least 4 members (excludes halogenated alkanes) is 1. The van der Waals surface area contributed by atoms with Crippen LogP contribution in [0, 0.1) is 5.92 Å². The van der Waals surface area contributed by atoms with Crippen molar-refractivity contribution in [2.75, 3.05) is 185 Å². The SMILES string of the molecule is CC(C)[C@H](NC(=O)[C@H](CCCCNC(=O)CCOCCOCCOCCOCCNC(=O)CCOCCOCCOCCOCCNC(=O)CCOCCOCCOCCOCCNC(=O)CC[C@H](NC(=O)N[C@@H](CCC(=O)OC(C)(C)C)C(=O)OC(C)(C)C)C(=O)OC(C)(C)C)NC(=O)OCc1ccccc1)C(=O)O. The summed E-state index contributed by atoms with van der Waals surface area (Å²) in [6, 6.07) is 3.40. The first-order valence-electron chi connectivity index (χ1n) is 38.1. The lowest BCUT2D eigenvalue weighted by atomic mass is 10.0. The number of hydrogen-bond donors (Lipinski definition) is 9. The van der Waals surface area contributed by atoms with Crippen LogP contribution in [0.1, 0.15) is 146 Å². The molecule has 1 aromatic rings. The van der Waals surface area contributed by atoms with Gasteiger partial charge in [-0.1, -0.05) is 44.2 Å². The van der Waals surface area contributed by atoms with Gasteiger partial charge in [-0.25, -0.2) is 24.0 Å². The van der Waals surface area contributed by atoms with E-state index < -0.39 is 88.8 Å². The average molecular weight is 1590 g/mol. The normalized spacial score (nSPS) is 12.7. The van der Waals surface area contributed by atoms with E-state index in [2.05, 4.69) is 42.5 Å². The lowest BCUT2D eigenvalue weighted by Crippen LogP contribution is -2.53. The first kappa shape index (κ1) is 102. The number of amides is 8. The number of aliphatic carboxylic acids is 1. The van der Waals surface area contributed by atoms with Crippen LogP contribution in [0.25, 0.3) is 0 Å². The Morgan fingerprint density at radius 3 is 1.05 bits per heavy atom. The van der Waals surface area contributed by atoms with Gasteiger partial charge in [0, 0.05) is 58.3 Å². The Balaban J connectivity index is 1.95. The van der Waals surface area contributed by atoms with E-state index >= 15 is 0 Å². The number of carboxylic acid groups (broad SMARTS) is 1. The van der Waals surface area contributed by atoms with Crippen molar-refractivity contribution in [2.24, 2.45) is 5.92 Å². The van der Waals surface area contributed by atoms with Gasteiger partial charge in [-0.2, -0.15) is 0 Å². The second kappa shape index (κ2) is 63.0. The van der Waals surface area contributed by atoms with Gasteiger partial charge in [0.15, 0.2) is 0 Å². The molecule has 0 unspecified atom stereocenters. The molecular formula is C75H130N8O28. The monoisotopic (exact) mass is 1590 g/mol. The molecule has 4 atom stereocenters. The number of rotatable bonds is 67. The summed E-state index contributed by atoms with van der Waals surface area (Å²) < 4.78 is 87.5. The number of hydrogen-bond acceptors (Lipinski definition) is 27. The summed E-state index contributed by atoms with van der Waals surface area (Å²) in [7, 11) is 0. The predicted molar refractivity (Wildman–Crippen MR) is 403 cm³/mol. The zero-order chi connectivity index (χ0) is 82.4. The van der Waals surface area contributed by atoms with Crippen molar-refractivity contribution in [3.63, 3.8) is 0 Å². The molecule has 111 heavy (non-hydrogen) atoms. The Hall–Kier alpha value is -7.49. The molecule has 0 saturated carbocycles. The molecule has 0 heterocycles. The topological polar surface area (TPSA) is 452 Å². The minimum Gasteiger partial charge on any atom is -0.480 e. The van der Waals surface area contributed by atoms with Crippen molar-refractivity contribution < 1.29 is 134 Å². The average Bonchev–Trinajstić information content (AvgIpc) is 0.876. The predicted octanol–water partition coefficient (Wildman–Crippen LogP) is 3.13. The number of alkyl carbamates (subject to hydrolysis) is 1. The minimum atomic E-state index is -1.26. The summed E-state index contributed by atoms with van der Waals surface area (Å²) in [6.07, 6.45) is 0.213. The van der Waals surface area contributed by atoms with Gasteiger partial charge in [0.1, 0.15) is 47.6 Å². The van der Waals surface area contributed by atoms with E-state index in [1.165, 1.54) is 0 Å². The molecule has 9 N–H and O–H groups in total. The van der Waals surface area contributed by atoms with Crippen molar-refractivity contribution in [1.29, 1.82) is 0 Å². The molecule has 0 saturated heterocycles. The number of urea groups is 1. The fourth-order valence-electron chi connectivity index (χ4n) is 9.10. The molecule has 0 aromatic heterocycles. The lowest BCUT2D eigenvalue weighted by Gasteiger charge is -2.27. The Bertz CT molecular complexity index is 2740. The van der Waals surface area contributed by atoms with E-state index in [4.69, 9.17) is 75.8 Å². The Labute approximate surface area is 653 Å². The number of nitrogens with one attached hydrogen (secondary N) is 8. The van der Waals surface area contributed by atoms with Crippen molar-refractivity contribution in [2.45, 2.75) is 188 Å². The number of carboxylic acids is 1. The van der Waals surface area contributed by atoms with E-state index in [9.17, 15) is 57.8 Å². The maximum atomic E-state index is 13.2. The van der Waals surface area contributed by atoms with Gasteiger partial charge in [0.2, 0.25) is 29.5 Å². The summed E-state index contributed by atoms with van der Waals surface area (Å²) in [5, 5.41) is 30.6. The van der Waals surface area contributed by atoms with E-state index in [0.717, 1.165) is 5.56 Å². The standard InChI is InChI=1S/C75H130N8O28/c1-56(2)66(68(90)91)83-67(89)58(82-72(95)108-55-57-17-13-12-14-18-57)19-15-16-27-76-62(85)24-31-96-37-43-102-49-53-106-47-41-100-35-29-78-64(87)26-33-98-39-45-104-51-54-107-48-42-101-36-30-79-63(86)25-32-97-38-44-103-50-52-105-46-40-99-34-28-77-61(84)22-20-59(69(92)110-74(6,7)8)80-71(94)81-60(70(93)111-75(9,10)11)21-23-65(88)109-73(3,4)5/h12-14,17-18,56,58-60,66H,15-16,19-55H2,1-11H3,(H,76,85)(H,77,84)(H,78,87)(H,79,86)(H,82,95)(H,83,89)(H,90,91)(H2,80,81,94)/t58-,59-,60-,66-/m0/s1. The van der Waals surface area contributed by atoms with Crippen molar-refractivity contribution in [3.8, 4) is 0 Å². The molecule has 0 radical (unpaired) electrons. The summed E-state index contributed by atoms with van der Waals surface area (Å²) in [5.74, 6) is -5.32. The van der Waals surface area contributed by atoms with Crippen LogP contribution in [0.3, 0.4) is 0 Å². The number of ether oxygens (including phenoxy) is 16. The van der Waals surface area contributed by atoms with Crippen molar-refractivity contribution in [3.05, 3.63) is 35.9 Å². The fourth-order valence-corrected chi connectivity index (χ4v) is 9.10. The number of carbonyl (C=O) groups is 11. The third-order valence-electron chi connectivity index (χ3n) is 14.5. The van der Waals surface area contributed by atoms with Gasteiger partial charge in [0.05, 0.1) is 159 Å². The summed E-state index contributed by atoms with van der Waals surface area (Å²) in [5.41, 5.74) is -1.79. The zero-order valence-corrected chi connectivity index (χ0v) is 67.3. The zero-order valence-electron chi connectivity index (χ0n) is 67.3. The van der Waals surface area contributed by atoms with Gasteiger partial charge in [-0.15, -0.1) is 0 Å². The fraction of sp³-hybridized carbons (Fsp3) is 0.773. The highest BCUT2D eigenvalue weighted by atomic mass is 16.6. The van der Waals surface area contributed by atoms with Crippen LogP contribution in [0.4, 0.5) is 9.59 Å². The molecule has 638 valence electrons. The third kappa shape index (κ3) is 62.7.